The van der Waals surface area contributed by atoms with Crippen molar-refractivity contribution in [3.8, 4) is 0 Å². The van der Waals surface area contributed by atoms with E-state index in [0.29, 0.717) is 0 Å². The Morgan fingerprint density at radius 3 is 2.68 bits per heavy atom. The molecule has 0 bridgehead atoms. The Hall–Kier alpha value is -0.970. The molecule has 4 nitrogen and oxygen atoms in total. The maximum absolute atomic E-state index is 11.5. The molecule has 1 aromatic rings. The van der Waals surface area contributed by atoms with Crippen molar-refractivity contribution in [3.63, 3.8) is 0 Å². The van der Waals surface area contributed by atoms with Crippen LogP contribution < -0.4 is 16.0 Å². The fraction of sp³-hybridized carbons (Fsp3) is 0.462. The number of benzene rings is 1. The van der Waals surface area contributed by atoms with Crippen LogP contribution in [0.5, 0.6) is 0 Å². The van der Waals surface area contributed by atoms with Gasteiger partial charge in [-0.05, 0) is 37.6 Å². The molecule has 2 rings (SSSR count). The van der Waals surface area contributed by atoms with Gasteiger partial charge in [-0.3, -0.25) is 4.79 Å². The third kappa shape index (κ3) is 4.27. The largest absolute Gasteiger partial charge is 0.369 e. The van der Waals surface area contributed by atoms with Crippen molar-refractivity contribution >= 4 is 35.6 Å². The van der Waals surface area contributed by atoms with E-state index in [4.69, 9.17) is 17.3 Å². The van der Waals surface area contributed by atoms with Crippen molar-refractivity contribution in [1.29, 1.82) is 0 Å². The van der Waals surface area contributed by atoms with Gasteiger partial charge in [0.1, 0.15) is 0 Å². The monoisotopic (exact) mass is 303 g/mol. The number of hydrogen-bond acceptors (Lipinski definition) is 3. The fourth-order valence-electron chi connectivity index (χ4n) is 2.10. The number of carbonyl (C=O) groups is 1. The average molecular weight is 304 g/mol. The van der Waals surface area contributed by atoms with E-state index in [-0.39, 0.29) is 24.4 Å². The highest BCUT2D eigenvalue weighted by Gasteiger charge is 2.24. The number of halogens is 2. The highest BCUT2D eigenvalue weighted by molar-refractivity contribution is 6.30. The fourth-order valence-corrected chi connectivity index (χ4v) is 2.22. The van der Waals surface area contributed by atoms with Gasteiger partial charge in [0.2, 0.25) is 5.91 Å². The molecule has 6 heteroatoms. The molecule has 2 unspecified atom stereocenters. The number of amides is 1. The van der Waals surface area contributed by atoms with Crippen LogP contribution in [0.4, 0.5) is 5.69 Å². The Morgan fingerprint density at radius 1 is 1.47 bits per heavy atom. The first-order valence-electron chi connectivity index (χ1n) is 6.13. The predicted octanol–water partition coefficient (Wildman–Crippen LogP) is 1.80. The normalized spacial score (nSPS) is 19.7. The van der Waals surface area contributed by atoms with Gasteiger partial charge in [-0.15, -0.1) is 12.4 Å². The Kier molecular flexibility index (Phi) is 5.91. The second-order valence-electron chi connectivity index (χ2n) is 4.71. The van der Waals surface area contributed by atoms with Gasteiger partial charge in [0.05, 0.1) is 6.04 Å². The zero-order valence-corrected chi connectivity index (χ0v) is 12.4. The Balaban J connectivity index is 0.00000180. The van der Waals surface area contributed by atoms with E-state index >= 15 is 0 Å². The van der Waals surface area contributed by atoms with Crippen LogP contribution in [0.15, 0.2) is 24.3 Å². The number of nitrogens with zero attached hydrogens (tertiary/aromatic N) is 1. The second-order valence-corrected chi connectivity index (χ2v) is 5.14. The summed E-state index contributed by atoms with van der Waals surface area (Å²) in [5.41, 5.74) is 6.67. The molecule has 0 aliphatic carbocycles. The SMILES string of the molecule is CC(N)C(=O)NC1CCN(c2ccc(Cl)cc2)C1.Cl. The van der Waals surface area contributed by atoms with Crippen molar-refractivity contribution in [2.24, 2.45) is 5.73 Å². The molecule has 0 saturated carbocycles. The number of nitrogens with one attached hydrogen (secondary N) is 1. The Bertz CT molecular complexity index is 422. The molecule has 1 aliphatic heterocycles. The first kappa shape index (κ1) is 16.1. The van der Waals surface area contributed by atoms with Crippen LogP contribution in [-0.2, 0) is 4.79 Å². The first-order valence-corrected chi connectivity index (χ1v) is 6.50. The summed E-state index contributed by atoms with van der Waals surface area (Å²) >= 11 is 5.86. The minimum Gasteiger partial charge on any atom is -0.369 e. The van der Waals surface area contributed by atoms with Gasteiger partial charge in [0.15, 0.2) is 0 Å². The molecule has 1 amide bonds. The smallest absolute Gasteiger partial charge is 0.236 e. The minimum atomic E-state index is -0.449. The molecule has 19 heavy (non-hydrogen) atoms. The van der Waals surface area contributed by atoms with Gasteiger partial charge in [0, 0.05) is 29.8 Å². The number of carbonyl (C=O) groups excluding carboxylic acids is 1. The minimum absolute atomic E-state index is 0. The number of nitrogens with two attached hydrogens (primary N) is 1. The lowest BCUT2D eigenvalue weighted by Gasteiger charge is -2.19. The van der Waals surface area contributed by atoms with Gasteiger partial charge in [-0.1, -0.05) is 11.6 Å². The van der Waals surface area contributed by atoms with E-state index in [0.717, 1.165) is 30.2 Å². The molecule has 2 atom stereocenters. The zero-order valence-electron chi connectivity index (χ0n) is 10.8. The van der Waals surface area contributed by atoms with Crippen molar-refractivity contribution in [1.82, 2.24) is 5.32 Å². The van der Waals surface area contributed by atoms with E-state index in [9.17, 15) is 4.79 Å². The van der Waals surface area contributed by atoms with Crippen LogP contribution >= 0.6 is 24.0 Å². The predicted molar refractivity (Wildman–Crippen MR) is 81.1 cm³/mol. The summed E-state index contributed by atoms with van der Waals surface area (Å²) in [5, 5.41) is 3.69. The van der Waals surface area contributed by atoms with Gasteiger partial charge in [-0.25, -0.2) is 0 Å². The number of hydrogen-bond donors (Lipinski definition) is 2. The molecule has 0 spiro atoms. The van der Waals surface area contributed by atoms with Crippen LogP contribution in [0.3, 0.4) is 0 Å². The van der Waals surface area contributed by atoms with Gasteiger partial charge in [0.25, 0.3) is 0 Å². The second kappa shape index (κ2) is 6.98. The molecule has 0 aromatic heterocycles. The average Bonchev–Trinajstić information content (AvgIpc) is 2.78. The van der Waals surface area contributed by atoms with Crippen molar-refractivity contribution in [2.45, 2.75) is 25.4 Å². The van der Waals surface area contributed by atoms with E-state index in [1.165, 1.54) is 0 Å². The Morgan fingerprint density at radius 2 is 2.11 bits per heavy atom. The van der Waals surface area contributed by atoms with E-state index in [1.807, 2.05) is 24.3 Å². The molecule has 1 saturated heterocycles. The molecule has 106 valence electrons. The first-order chi connectivity index (χ1) is 8.56. The van der Waals surface area contributed by atoms with Crippen molar-refractivity contribution in [3.05, 3.63) is 29.3 Å². The molecule has 3 N–H and O–H groups in total. The van der Waals surface area contributed by atoms with Crippen LogP contribution in [0.25, 0.3) is 0 Å². The molecular weight excluding hydrogens is 285 g/mol. The van der Waals surface area contributed by atoms with Crippen LogP contribution in [0.1, 0.15) is 13.3 Å². The summed E-state index contributed by atoms with van der Waals surface area (Å²) in [7, 11) is 0. The van der Waals surface area contributed by atoms with E-state index < -0.39 is 6.04 Å². The number of anilines is 1. The highest BCUT2D eigenvalue weighted by Crippen LogP contribution is 2.22. The van der Waals surface area contributed by atoms with Gasteiger partial charge < -0.3 is 16.0 Å². The molecule has 0 radical (unpaired) electrons. The van der Waals surface area contributed by atoms with Crippen LogP contribution in [0.2, 0.25) is 5.02 Å². The van der Waals surface area contributed by atoms with E-state index in [2.05, 4.69) is 10.2 Å². The summed E-state index contributed by atoms with van der Waals surface area (Å²) in [6, 6.07) is 7.49. The van der Waals surface area contributed by atoms with E-state index in [1.54, 1.807) is 6.92 Å². The summed E-state index contributed by atoms with van der Waals surface area (Å²) in [6.07, 6.45) is 0.946. The van der Waals surface area contributed by atoms with Crippen LogP contribution in [0, 0.1) is 0 Å². The summed E-state index contributed by atoms with van der Waals surface area (Å²) in [5.74, 6) is -0.0852. The maximum Gasteiger partial charge on any atom is 0.236 e. The number of rotatable bonds is 3. The molecule has 1 fully saturated rings. The topological polar surface area (TPSA) is 58.4 Å². The summed E-state index contributed by atoms with van der Waals surface area (Å²) < 4.78 is 0. The lowest BCUT2D eigenvalue weighted by atomic mass is 10.2. The third-order valence-corrected chi connectivity index (χ3v) is 3.39. The zero-order chi connectivity index (χ0) is 13.1. The molecular formula is C13H19Cl2N3O. The lowest BCUT2D eigenvalue weighted by molar-refractivity contribution is -0.122. The van der Waals surface area contributed by atoms with Crippen molar-refractivity contribution < 1.29 is 4.79 Å². The molecule has 1 heterocycles. The lowest BCUT2D eigenvalue weighted by Crippen LogP contribution is -2.44. The standard InChI is InChI=1S/C13H18ClN3O.ClH/c1-9(15)13(18)16-11-6-7-17(8-11)12-4-2-10(14)3-5-12;/h2-5,9,11H,6-8,15H2,1H3,(H,16,18);1H. The maximum atomic E-state index is 11.5. The third-order valence-electron chi connectivity index (χ3n) is 3.14. The summed E-state index contributed by atoms with van der Waals surface area (Å²) in [6.45, 7) is 3.45. The van der Waals surface area contributed by atoms with Crippen molar-refractivity contribution in [2.75, 3.05) is 18.0 Å². The Labute approximate surface area is 124 Å². The quantitative estimate of drug-likeness (QED) is 0.895. The van der Waals surface area contributed by atoms with Gasteiger partial charge >= 0.3 is 0 Å². The summed E-state index contributed by atoms with van der Waals surface area (Å²) in [4.78, 5) is 13.8. The molecule has 1 aromatic carbocycles. The highest BCUT2D eigenvalue weighted by atomic mass is 35.5. The van der Waals surface area contributed by atoms with Crippen LogP contribution in [-0.4, -0.2) is 31.1 Å². The molecule has 1 aliphatic rings. The van der Waals surface area contributed by atoms with Gasteiger partial charge in [-0.2, -0.15) is 0 Å².